The van der Waals surface area contributed by atoms with E-state index in [1.165, 1.54) is 11.8 Å². The molecule has 0 aromatic heterocycles. The Labute approximate surface area is 208 Å². The Hall–Kier alpha value is -4.17. The molecule has 3 aromatic carbocycles. The van der Waals surface area contributed by atoms with Crippen LogP contribution in [0.15, 0.2) is 71.8 Å². The summed E-state index contributed by atoms with van der Waals surface area (Å²) >= 11 is 6.23. The van der Waals surface area contributed by atoms with Gasteiger partial charge in [0.1, 0.15) is 5.75 Å². The topological polar surface area (TPSA) is 109 Å². The van der Waals surface area contributed by atoms with Gasteiger partial charge in [-0.3, -0.25) is 14.4 Å². The molecule has 3 rings (SSSR count). The van der Waals surface area contributed by atoms with Gasteiger partial charge in [-0.2, -0.15) is 5.10 Å². The fourth-order valence-corrected chi connectivity index (χ4v) is 3.23. The van der Waals surface area contributed by atoms with E-state index in [1.54, 1.807) is 30.3 Å². The molecular formula is C26H25ClN4O4. The van der Waals surface area contributed by atoms with E-state index >= 15 is 0 Å². The number of rotatable bonds is 8. The summed E-state index contributed by atoms with van der Waals surface area (Å²) in [6.07, 6.45) is 2.26. The van der Waals surface area contributed by atoms with E-state index in [9.17, 15) is 14.4 Å². The summed E-state index contributed by atoms with van der Waals surface area (Å²) in [6, 6.07) is 19.5. The number of hydrazone groups is 1. The molecule has 3 N–H and O–H groups in total. The molecule has 0 saturated carbocycles. The second-order valence-electron chi connectivity index (χ2n) is 7.55. The lowest BCUT2D eigenvalue weighted by molar-refractivity contribution is -0.136. The first-order valence-corrected chi connectivity index (χ1v) is 11.2. The molecule has 9 heteroatoms. The second kappa shape index (κ2) is 12.3. The average Bonchev–Trinajstić information content (AvgIpc) is 2.85. The molecule has 0 aliphatic rings. The number of amides is 3. The predicted octanol–water partition coefficient (Wildman–Crippen LogP) is 4.32. The molecule has 0 unspecified atom stereocenters. The highest BCUT2D eigenvalue weighted by atomic mass is 35.5. The molecule has 0 aliphatic heterocycles. The van der Waals surface area contributed by atoms with Gasteiger partial charge in [-0.25, -0.2) is 5.43 Å². The summed E-state index contributed by atoms with van der Waals surface area (Å²) in [5, 5.41) is 9.33. The van der Waals surface area contributed by atoms with Crippen LogP contribution in [0.4, 0.5) is 11.4 Å². The van der Waals surface area contributed by atoms with Crippen molar-refractivity contribution in [3.8, 4) is 5.75 Å². The van der Waals surface area contributed by atoms with Gasteiger partial charge in [-0.15, -0.1) is 0 Å². The standard InChI is InChI=1S/C26H25ClN4O4/c1-3-18-8-11-20(12-9-18)29-24(32)16-35-23-13-10-19(14-21(23)27)15-28-31-26(34)25(33)30-22-7-5-4-6-17(22)2/h4-15H,3,16H2,1-2H3,(H,29,32)(H,30,33)(H,31,34)/b28-15-. The van der Waals surface area contributed by atoms with Crippen molar-refractivity contribution in [2.75, 3.05) is 17.2 Å². The average molecular weight is 493 g/mol. The van der Waals surface area contributed by atoms with Crippen LogP contribution in [0.25, 0.3) is 0 Å². The van der Waals surface area contributed by atoms with Crippen molar-refractivity contribution in [2.24, 2.45) is 5.10 Å². The van der Waals surface area contributed by atoms with Crippen molar-refractivity contribution in [3.05, 3.63) is 88.4 Å². The third kappa shape index (κ3) is 7.68. The van der Waals surface area contributed by atoms with E-state index < -0.39 is 11.8 Å². The Morgan fingerprint density at radius 1 is 0.971 bits per heavy atom. The minimum absolute atomic E-state index is 0.214. The smallest absolute Gasteiger partial charge is 0.329 e. The maximum Gasteiger partial charge on any atom is 0.329 e. The molecular weight excluding hydrogens is 468 g/mol. The molecule has 0 heterocycles. The molecule has 0 aliphatic carbocycles. The van der Waals surface area contributed by atoms with Crippen molar-refractivity contribution in [3.63, 3.8) is 0 Å². The highest BCUT2D eigenvalue weighted by Crippen LogP contribution is 2.25. The molecule has 0 radical (unpaired) electrons. The highest BCUT2D eigenvalue weighted by Gasteiger charge is 2.13. The number of hydrogen-bond acceptors (Lipinski definition) is 5. The Balaban J connectivity index is 1.48. The van der Waals surface area contributed by atoms with Crippen LogP contribution < -0.4 is 20.8 Å². The summed E-state index contributed by atoms with van der Waals surface area (Å²) in [5.41, 5.74) is 5.96. The van der Waals surface area contributed by atoms with E-state index in [4.69, 9.17) is 16.3 Å². The SMILES string of the molecule is CCc1ccc(NC(=O)COc2ccc(/C=N\NC(=O)C(=O)Nc3ccccc3C)cc2Cl)cc1. The largest absolute Gasteiger partial charge is 0.482 e. The lowest BCUT2D eigenvalue weighted by Gasteiger charge is -2.09. The molecule has 3 amide bonds. The quantitative estimate of drug-likeness (QED) is 0.247. The van der Waals surface area contributed by atoms with Gasteiger partial charge in [0.2, 0.25) is 0 Å². The molecule has 3 aromatic rings. The fraction of sp³-hybridized carbons (Fsp3) is 0.154. The Bertz CT molecular complexity index is 1240. The number of carbonyl (C=O) groups excluding carboxylic acids is 3. The lowest BCUT2D eigenvalue weighted by atomic mass is 10.1. The number of benzene rings is 3. The van der Waals surface area contributed by atoms with Gasteiger partial charge in [-0.1, -0.05) is 48.9 Å². The first-order valence-electron chi connectivity index (χ1n) is 10.9. The molecule has 8 nitrogen and oxygen atoms in total. The maximum atomic E-state index is 12.1. The Morgan fingerprint density at radius 2 is 1.71 bits per heavy atom. The third-order valence-corrected chi connectivity index (χ3v) is 5.24. The van der Waals surface area contributed by atoms with E-state index in [0.29, 0.717) is 22.7 Å². The molecule has 0 spiro atoms. The van der Waals surface area contributed by atoms with Gasteiger partial charge in [0, 0.05) is 11.4 Å². The fourth-order valence-electron chi connectivity index (χ4n) is 2.99. The summed E-state index contributed by atoms with van der Waals surface area (Å²) < 4.78 is 5.50. The van der Waals surface area contributed by atoms with Crippen molar-refractivity contribution in [1.29, 1.82) is 0 Å². The number of ether oxygens (including phenoxy) is 1. The van der Waals surface area contributed by atoms with Gasteiger partial charge in [0.15, 0.2) is 6.61 Å². The predicted molar refractivity (Wildman–Crippen MR) is 137 cm³/mol. The number of carbonyl (C=O) groups is 3. The van der Waals surface area contributed by atoms with Crippen LogP contribution in [0.1, 0.15) is 23.6 Å². The van der Waals surface area contributed by atoms with E-state index in [2.05, 4.69) is 28.1 Å². The zero-order chi connectivity index (χ0) is 25.2. The van der Waals surface area contributed by atoms with Gasteiger partial charge in [0.25, 0.3) is 5.91 Å². The minimum atomic E-state index is -0.911. The van der Waals surface area contributed by atoms with Crippen molar-refractivity contribution >= 4 is 46.9 Å². The maximum absolute atomic E-state index is 12.1. The first-order chi connectivity index (χ1) is 16.9. The number of aryl methyl sites for hydroxylation is 2. The van der Waals surface area contributed by atoms with Crippen LogP contribution in [0.5, 0.6) is 5.75 Å². The van der Waals surface area contributed by atoms with Crippen molar-refractivity contribution < 1.29 is 19.1 Å². The van der Waals surface area contributed by atoms with Crippen molar-refractivity contribution in [1.82, 2.24) is 5.43 Å². The van der Waals surface area contributed by atoms with Gasteiger partial charge < -0.3 is 15.4 Å². The van der Waals surface area contributed by atoms with Gasteiger partial charge in [0.05, 0.1) is 11.2 Å². The zero-order valence-corrected chi connectivity index (χ0v) is 20.1. The van der Waals surface area contributed by atoms with E-state index in [1.807, 2.05) is 43.3 Å². The highest BCUT2D eigenvalue weighted by molar-refractivity contribution is 6.39. The molecule has 35 heavy (non-hydrogen) atoms. The van der Waals surface area contributed by atoms with E-state index in [-0.39, 0.29) is 17.5 Å². The Morgan fingerprint density at radius 3 is 2.40 bits per heavy atom. The van der Waals surface area contributed by atoms with Crippen LogP contribution in [0.3, 0.4) is 0 Å². The first kappa shape index (κ1) is 25.5. The zero-order valence-electron chi connectivity index (χ0n) is 19.3. The minimum Gasteiger partial charge on any atom is -0.482 e. The molecule has 0 saturated heterocycles. The van der Waals surface area contributed by atoms with E-state index in [0.717, 1.165) is 12.0 Å². The van der Waals surface area contributed by atoms with Crippen LogP contribution in [-0.4, -0.2) is 30.5 Å². The normalized spacial score (nSPS) is 10.6. The second-order valence-corrected chi connectivity index (χ2v) is 7.95. The van der Waals surface area contributed by atoms with Gasteiger partial charge in [-0.05, 0) is 66.4 Å². The van der Waals surface area contributed by atoms with Crippen LogP contribution >= 0.6 is 11.6 Å². The summed E-state index contributed by atoms with van der Waals surface area (Å²) in [6.45, 7) is 3.67. The molecule has 180 valence electrons. The molecule has 0 fully saturated rings. The van der Waals surface area contributed by atoms with Crippen LogP contribution in [0, 0.1) is 6.92 Å². The summed E-state index contributed by atoms with van der Waals surface area (Å²) in [5.74, 6) is -1.74. The number of anilines is 2. The number of para-hydroxylation sites is 1. The molecule has 0 atom stereocenters. The summed E-state index contributed by atoms with van der Waals surface area (Å²) in [4.78, 5) is 36.1. The van der Waals surface area contributed by atoms with Gasteiger partial charge >= 0.3 is 11.8 Å². The molecule has 0 bridgehead atoms. The summed E-state index contributed by atoms with van der Waals surface area (Å²) in [7, 11) is 0. The van der Waals surface area contributed by atoms with Crippen LogP contribution in [0.2, 0.25) is 5.02 Å². The van der Waals surface area contributed by atoms with Crippen molar-refractivity contribution in [2.45, 2.75) is 20.3 Å². The lowest BCUT2D eigenvalue weighted by Crippen LogP contribution is -2.32. The number of halogens is 1. The Kier molecular flexibility index (Phi) is 8.97. The third-order valence-electron chi connectivity index (χ3n) is 4.94. The van der Waals surface area contributed by atoms with Crippen LogP contribution in [-0.2, 0) is 20.8 Å². The number of nitrogens with zero attached hydrogens (tertiary/aromatic N) is 1. The number of hydrogen-bond donors (Lipinski definition) is 3. The number of nitrogens with one attached hydrogen (secondary N) is 3. The monoisotopic (exact) mass is 492 g/mol.